The Morgan fingerprint density at radius 1 is 0.784 bits per heavy atom. The maximum Gasteiger partial charge on any atom is 0.349 e. The van der Waals surface area contributed by atoms with Gasteiger partial charge in [-0.15, -0.1) is 0 Å². The van der Waals surface area contributed by atoms with Gasteiger partial charge in [0.1, 0.15) is 11.1 Å². The number of carbonyl (C=O) groups is 2. The van der Waals surface area contributed by atoms with E-state index in [2.05, 4.69) is 10.9 Å². The Morgan fingerprint density at radius 3 is 2.19 bits per heavy atom. The minimum atomic E-state index is -3.64. The highest BCUT2D eigenvalue weighted by molar-refractivity contribution is 7.89. The molecule has 0 radical (unpaired) electrons. The Kier molecular flexibility index (Phi) is 6.77. The molecular weight excluding hydrogens is 494 g/mol. The molecule has 5 rings (SSSR count). The van der Waals surface area contributed by atoms with E-state index in [9.17, 15) is 22.8 Å². The molecule has 1 aromatic heterocycles. The van der Waals surface area contributed by atoms with Gasteiger partial charge in [0.05, 0.1) is 4.90 Å². The van der Waals surface area contributed by atoms with Crippen LogP contribution in [0, 0.1) is 0 Å². The number of rotatable bonds is 4. The monoisotopic (exact) mass is 519 g/mol. The van der Waals surface area contributed by atoms with Crippen LogP contribution in [0.25, 0.3) is 21.7 Å². The van der Waals surface area contributed by atoms with Crippen LogP contribution in [0.1, 0.15) is 46.4 Å². The molecule has 190 valence electrons. The summed E-state index contributed by atoms with van der Waals surface area (Å²) in [5.41, 5.74) is 3.89. The molecule has 1 fully saturated rings. The number of benzene rings is 3. The van der Waals surface area contributed by atoms with Crippen molar-refractivity contribution in [1.82, 2.24) is 15.2 Å². The van der Waals surface area contributed by atoms with Gasteiger partial charge in [-0.1, -0.05) is 43.2 Å². The van der Waals surface area contributed by atoms with Gasteiger partial charge in [-0.3, -0.25) is 20.4 Å². The van der Waals surface area contributed by atoms with Crippen LogP contribution in [0.15, 0.2) is 80.8 Å². The first-order valence-corrected chi connectivity index (χ1v) is 13.4. The van der Waals surface area contributed by atoms with Crippen LogP contribution in [-0.4, -0.2) is 37.6 Å². The largest absolute Gasteiger partial charge is 0.422 e. The normalized spacial score (nSPS) is 14.8. The van der Waals surface area contributed by atoms with E-state index in [1.165, 1.54) is 34.6 Å². The molecular formula is C27H25N3O6S. The molecule has 37 heavy (non-hydrogen) atoms. The Labute approximate surface area is 213 Å². The number of hydrogen-bond acceptors (Lipinski definition) is 6. The van der Waals surface area contributed by atoms with Crippen molar-refractivity contribution in [3.05, 3.63) is 88.3 Å². The fourth-order valence-electron chi connectivity index (χ4n) is 4.49. The zero-order chi connectivity index (χ0) is 26.0. The van der Waals surface area contributed by atoms with Crippen molar-refractivity contribution in [2.45, 2.75) is 30.6 Å². The standard InChI is InChI=1S/C27H25N3O6S/c31-25(19-9-12-20(13-10-19)37(34,35)30-15-5-1-2-6-16-30)28-29-26(32)23-17-22-21-8-4-3-7-18(21)11-14-24(22)36-27(23)33/h3-4,7-14,17H,1-2,5-6,15-16H2,(H,28,31)(H,29,32). The first-order valence-electron chi connectivity index (χ1n) is 12.0. The molecule has 2 N–H and O–H groups in total. The average molecular weight is 520 g/mol. The minimum absolute atomic E-state index is 0.107. The number of amides is 2. The summed E-state index contributed by atoms with van der Waals surface area (Å²) in [6.07, 6.45) is 3.67. The lowest BCUT2D eigenvalue weighted by Gasteiger charge is -2.20. The summed E-state index contributed by atoms with van der Waals surface area (Å²) in [6, 6.07) is 17.9. The van der Waals surface area contributed by atoms with Gasteiger partial charge in [-0.2, -0.15) is 4.31 Å². The molecule has 2 amide bonds. The van der Waals surface area contributed by atoms with Gasteiger partial charge in [-0.05, 0) is 60.0 Å². The van der Waals surface area contributed by atoms with Crippen LogP contribution in [0.3, 0.4) is 0 Å². The number of hydrogen-bond donors (Lipinski definition) is 2. The predicted molar refractivity (Wildman–Crippen MR) is 139 cm³/mol. The molecule has 10 heteroatoms. The lowest BCUT2D eigenvalue weighted by Crippen LogP contribution is -2.43. The molecule has 9 nitrogen and oxygen atoms in total. The third kappa shape index (κ3) is 4.98. The molecule has 1 saturated heterocycles. The SMILES string of the molecule is O=C(NNC(=O)c1cc2c(ccc3ccccc32)oc1=O)c1ccc(S(=O)(=O)N2CCCCCC2)cc1. The summed E-state index contributed by atoms with van der Waals surface area (Å²) in [4.78, 5) is 37.8. The molecule has 2 heterocycles. The molecule has 1 aliphatic heterocycles. The van der Waals surface area contributed by atoms with Crippen LogP contribution in [0.2, 0.25) is 0 Å². The summed E-state index contributed by atoms with van der Waals surface area (Å²) in [6.45, 7) is 0.963. The summed E-state index contributed by atoms with van der Waals surface area (Å²) in [5.74, 6) is -1.50. The highest BCUT2D eigenvalue weighted by Crippen LogP contribution is 2.25. The second-order valence-corrected chi connectivity index (χ2v) is 10.8. The Morgan fingerprint density at radius 2 is 1.46 bits per heavy atom. The minimum Gasteiger partial charge on any atom is -0.422 e. The van der Waals surface area contributed by atoms with Gasteiger partial charge in [0, 0.05) is 24.0 Å². The highest BCUT2D eigenvalue weighted by Gasteiger charge is 2.25. The predicted octanol–water partition coefficient (Wildman–Crippen LogP) is 3.59. The van der Waals surface area contributed by atoms with E-state index in [4.69, 9.17) is 4.42 Å². The van der Waals surface area contributed by atoms with E-state index in [0.29, 0.717) is 24.1 Å². The van der Waals surface area contributed by atoms with Crippen LogP contribution < -0.4 is 16.5 Å². The number of nitrogens with one attached hydrogen (secondary N) is 2. The lowest BCUT2D eigenvalue weighted by molar-refractivity contribution is 0.0844. The van der Waals surface area contributed by atoms with Gasteiger partial charge < -0.3 is 4.42 Å². The molecule has 0 unspecified atom stereocenters. The number of carbonyl (C=O) groups excluding carboxylic acids is 2. The third-order valence-corrected chi connectivity index (χ3v) is 8.41. The highest BCUT2D eigenvalue weighted by atomic mass is 32.2. The number of sulfonamides is 1. The molecule has 0 saturated carbocycles. The molecule has 1 aliphatic rings. The maximum atomic E-state index is 12.9. The molecule has 0 atom stereocenters. The van der Waals surface area contributed by atoms with Crippen molar-refractivity contribution >= 4 is 43.6 Å². The van der Waals surface area contributed by atoms with Crippen LogP contribution in [-0.2, 0) is 10.0 Å². The molecule has 4 aromatic rings. The summed E-state index contributed by atoms with van der Waals surface area (Å²) < 4.78 is 32.7. The molecule has 0 aliphatic carbocycles. The van der Waals surface area contributed by atoms with Gasteiger partial charge in [0.15, 0.2) is 0 Å². The van der Waals surface area contributed by atoms with Crippen LogP contribution in [0.5, 0.6) is 0 Å². The Bertz CT molecular complexity index is 1650. The van der Waals surface area contributed by atoms with Crippen molar-refractivity contribution in [2.75, 3.05) is 13.1 Å². The van der Waals surface area contributed by atoms with Gasteiger partial charge in [-0.25, -0.2) is 13.2 Å². The van der Waals surface area contributed by atoms with Crippen LogP contribution >= 0.6 is 0 Å². The van der Waals surface area contributed by atoms with Crippen LogP contribution in [0.4, 0.5) is 0 Å². The topological polar surface area (TPSA) is 126 Å². The lowest BCUT2D eigenvalue weighted by atomic mass is 10.0. The Balaban J connectivity index is 1.30. The van der Waals surface area contributed by atoms with E-state index < -0.39 is 27.5 Å². The molecule has 0 bridgehead atoms. The zero-order valence-corrected chi connectivity index (χ0v) is 20.7. The number of fused-ring (bicyclic) bond motifs is 3. The second-order valence-electron chi connectivity index (χ2n) is 8.90. The smallest absolute Gasteiger partial charge is 0.349 e. The van der Waals surface area contributed by atoms with E-state index in [0.717, 1.165) is 36.5 Å². The fraction of sp³-hybridized carbons (Fsp3) is 0.222. The second kappa shape index (κ2) is 10.2. The van der Waals surface area contributed by atoms with E-state index in [1.54, 1.807) is 6.07 Å². The first-order chi connectivity index (χ1) is 17.8. The maximum absolute atomic E-state index is 12.9. The van der Waals surface area contributed by atoms with Crippen molar-refractivity contribution in [2.24, 2.45) is 0 Å². The first kappa shape index (κ1) is 24.7. The quantitative estimate of drug-likeness (QED) is 0.241. The number of hydrazine groups is 1. The van der Waals surface area contributed by atoms with Crippen molar-refractivity contribution in [1.29, 1.82) is 0 Å². The van der Waals surface area contributed by atoms with E-state index in [-0.39, 0.29) is 16.0 Å². The van der Waals surface area contributed by atoms with Gasteiger partial charge in [0.25, 0.3) is 11.8 Å². The van der Waals surface area contributed by atoms with E-state index in [1.807, 2.05) is 30.3 Å². The summed E-state index contributed by atoms with van der Waals surface area (Å²) in [7, 11) is -3.64. The fourth-order valence-corrected chi connectivity index (χ4v) is 6.01. The zero-order valence-electron chi connectivity index (χ0n) is 19.9. The summed E-state index contributed by atoms with van der Waals surface area (Å²) >= 11 is 0. The number of nitrogens with zero attached hydrogens (tertiary/aromatic N) is 1. The summed E-state index contributed by atoms with van der Waals surface area (Å²) in [5, 5.41) is 2.33. The van der Waals surface area contributed by atoms with Crippen molar-refractivity contribution < 1.29 is 22.4 Å². The Hall–Kier alpha value is -4.02. The average Bonchev–Trinajstić information content (AvgIpc) is 3.21. The van der Waals surface area contributed by atoms with E-state index >= 15 is 0 Å². The van der Waals surface area contributed by atoms with Gasteiger partial charge in [0.2, 0.25) is 10.0 Å². The third-order valence-electron chi connectivity index (χ3n) is 6.50. The molecule has 0 spiro atoms. The van der Waals surface area contributed by atoms with Gasteiger partial charge >= 0.3 is 5.63 Å². The molecule has 3 aromatic carbocycles. The van der Waals surface area contributed by atoms with Crippen molar-refractivity contribution in [3.63, 3.8) is 0 Å². The van der Waals surface area contributed by atoms with Crippen molar-refractivity contribution in [3.8, 4) is 0 Å².